The quantitative estimate of drug-likeness (QED) is 0.393. The molecule has 0 bridgehead atoms. The van der Waals surface area contributed by atoms with Gasteiger partial charge in [0.2, 0.25) is 11.9 Å². The minimum Gasteiger partial charge on any atom is -0.457 e. The number of hydrogen-bond donors (Lipinski definition) is 1. The molecule has 1 saturated heterocycles. The molecular formula is C26H24N6O3. The largest absolute Gasteiger partial charge is 0.457 e. The van der Waals surface area contributed by atoms with Crippen molar-refractivity contribution in [3.8, 4) is 11.5 Å². The van der Waals surface area contributed by atoms with Crippen LogP contribution < -0.4 is 15.0 Å². The number of pyridine rings is 1. The van der Waals surface area contributed by atoms with Crippen molar-refractivity contribution in [3.05, 3.63) is 96.1 Å². The first-order valence-corrected chi connectivity index (χ1v) is 11.2. The zero-order chi connectivity index (χ0) is 24.2. The van der Waals surface area contributed by atoms with Gasteiger partial charge in [0.25, 0.3) is 0 Å². The van der Waals surface area contributed by atoms with E-state index >= 15 is 0 Å². The highest BCUT2D eigenvalue weighted by Gasteiger charge is 2.37. The highest BCUT2D eigenvalue weighted by Crippen LogP contribution is 2.31. The van der Waals surface area contributed by atoms with Crippen LogP contribution in [0.15, 0.2) is 79.1 Å². The van der Waals surface area contributed by atoms with Crippen molar-refractivity contribution in [2.24, 2.45) is 0 Å². The predicted molar refractivity (Wildman–Crippen MR) is 130 cm³/mol. The van der Waals surface area contributed by atoms with E-state index in [1.54, 1.807) is 19.3 Å². The summed E-state index contributed by atoms with van der Waals surface area (Å²) in [6, 6.07) is 20.7. The number of aryl methyl sites for hydroxylation is 1. The maximum atomic E-state index is 12.5. The number of nitrogens with zero attached hydrogens (tertiary/aromatic N) is 5. The molecule has 4 aromatic rings. The van der Waals surface area contributed by atoms with E-state index in [9.17, 15) is 4.79 Å². The molecule has 0 radical (unpaired) electrons. The Labute approximate surface area is 202 Å². The number of aromatic nitrogens is 4. The van der Waals surface area contributed by atoms with Crippen molar-refractivity contribution < 1.29 is 14.3 Å². The molecule has 1 aliphatic heterocycles. The van der Waals surface area contributed by atoms with E-state index in [0.29, 0.717) is 11.8 Å². The lowest BCUT2D eigenvalue weighted by molar-refractivity contribution is 0.178. The average Bonchev–Trinajstić information content (AvgIpc) is 3.26. The number of amides is 1. The normalized spacial score (nSPS) is 16.0. The lowest BCUT2D eigenvalue weighted by atomic mass is 10.1. The maximum Gasteiger partial charge on any atom is 0.417 e. The van der Waals surface area contributed by atoms with Crippen LogP contribution in [0.5, 0.6) is 11.5 Å². The molecule has 1 amide bonds. The fraction of sp³-hybridized carbons (Fsp3) is 0.192. The average molecular weight is 469 g/mol. The fourth-order valence-electron chi connectivity index (χ4n) is 3.83. The summed E-state index contributed by atoms with van der Waals surface area (Å²) in [4.78, 5) is 31.5. The summed E-state index contributed by atoms with van der Waals surface area (Å²) in [6.45, 7) is 3.97. The second-order valence-corrected chi connectivity index (χ2v) is 8.11. The highest BCUT2D eigenvalue weighted by molar-refractivity contribution is 5.88. The molecule has 0 saturated carbocycles. The lowest BCUT2D eigenvalue weighted by Crippen LogP contribution is -2.30. The maximum absolute atomic E-state index is 12.5. The van der Waals surface area contributed by atoms with E-state index in [0.717, 1.165) is 22.6 Å². The van der Waals surface area contributed by atoms with Crippen LogP contribution in [0.2, 0.25) is 0 Å². The summed E-state index contributed by atoms with van der Waals surface area (Å²) in [5.74, 6) is 2.62. The van der Waals surface area contributed by atoms with Gasteiger partial charge in [0.1, 0.15) is 30.0 Å². The van der Waals surface area contributed by atoms with Gasteiger partial charge in [-0.05, 0) is 55.3 Å². The number of carbonyl (C=O) groups excluding carboxylic acids is 1. The number of anilines is 2. The van der Waals surface area contributed by atoms with Crippen molar-refractivity contribution in [2.75, 3.05) is 16.8 Å². The molecule has 0 spiro atoms. The van der Waals surface area contributed by atoms with Crippen molar-refractivity contribution in [1.29, 1.82) is 0 Å². The molecule has 1 N–H and O–H groups in total. The third-order valence-corrected chi connectivity index (χ3v) is 5.60. The Morgan fingerprint density at radius 2 is 1.77 bits per heavy atom. The first-order chi connectivity index (χ1) is 17.1. The van der Waals surface area contributed by atoms with E-state index in [1.165, 1.54) is 4.90 Å². The van der Waals surface area contributed by atoms with Gasteiger partial charge in [-0.25, -0.2) is 9.69 Å². The minimum atomic E-state index is -0.502. The van der Waals surface area contributed by atoms with E-state index in [4.69, 9.17) is 9.47 Å². The molecule has 0 aliphatic carbocycles. The molecule has 35 heavy (non-hydrogen) atoms. The van der Waals surface area contributed by atoms with Crippen LogP contribution in [-0.2, 0) is 4.74 Å². The Hall–Kier alpha value is -4.53. The van der Waals surface area contributed by atoms with Gasteiger partial charge < -0.3 is 14.8 Å². The standard InChI is InChI=1S/C26H24N6O3/c1-17(19-10-12-22(13-11-19)35-21-8-4-3-5-9-21)28-24-29-18(2)30-25(31-24)32-23(16-34-26(32)33)20-7-6-14-27-15-20/h3-15,17,23H,16H2,1-2H3,(H,28,29,30,31)/t17-,23+/m0/s1. The van der Waals surface area contributed by atoms with Crippen molar-refractivity contribution in [2.45, 2.75) is 25.9 Å². The summed E-state index contributed by atoms with van der Waals surface area (Å²) in [6.07, 6.45) is 2.89. The van der Waals surface area contributed by atoms with Gasteiger partial charge in [-0.3, -0.25) is 4.98 Å². The fourth-order valence-corrected chi connectivity index (χ4v) is 3.83. The van der Waals surface area contributed by atoms with Gasteiger partial charge in [-0.15, -0.1) is 0 Å². The second kappa shape index (κ2) is 9.76. The van der Waals surface area contributed by atoms with Gasteiger partial charge in [0.05, 0.1) is 6.04 Å². The van der Waals surface area contributed by atoms with E-state index in [1.807, 2.05) is 73.7 Å². The van der Waals surface area contributed by atoms with Crippen LogP contribution in [0.3, 0.4) is 0 Å². The van der Waals surface area contributed by atoms with Gasteiger partial charge >= 0.3 is 6.09 Å². The Kier molecular flexibility index (Phi) is 6.21. The van der Waals surface area contributed by atoms with Gasteiger partial charge in [0.15, 0.2) is 0 Å². The summed E-state index contributed by atoms with van der Waals surface area (Å²) >= 11 is 0. The third kappa shape index (κ3) is 5.03. The molecule has 1 aliphatic rings. The van der Waals surface area contributed by atoms with Gasteiger partial charge in [-0.2, -0.15) is 15.0 Å². The number of cyclic esters (lactones) is 1. The Bertz CT molecular complexity index is 1300. The Balaban J connectivity index is 1.33. The number of para-hydroxylation sites is 1. The molecule has 2 aromatic carbocycles. The molecule has 2 aromatic heterocycles. The Morgan fingerprint density at radius 3 is 2.51 bits per heavy atom. The molecule has 5 rings (SSSR count). The SMILES string of the molecule is Cc1nc(N[C@@H](C)c2ccc(Oc3ccccc3)cc2)nc(N2C(=O)OC[C@@H]2c2cccnc2)n1. The molecule has 9 nitrogen and oxygen atoms in total. The van der Waals surface area contributed by atoms with Crippen LogP contribution in [0.4, 0.5) is 16.7 Å². The number of carbonyl (C=O) groups is 1. The van der Waals surface area contributed by atoms with Gasteiger partial charge in [-0.1, -0.05) is 36.4 Å². The summed E-state index contributed by atoms with van der Waals surface area (Å²) in [5.41, 5.74) is 1.87. The van der Waals surface area contributed by atoms with Crippen LogP contribution in [0, 0.1) is 6.92 Å². The van der Waals surface area contributed by atoms with Crippen LogP contribution in [0.25, 0.3) is 0 Å². The number of benzene rings is 2. The molecule has 176 valence electrons. The first kappa shape index (κ1) is 22.3. The van der Waals surface area contributed by atoms with Crippen molar-refractivity contribution in [3.63, 3.8) is 0 Å². The van der Waals surface area contributed by atoms with E-state index in [2.05, 4.69) is 25.3 Å². The van der Waals surface area contributed by atoms with E-state index < -0.39 is 6.09 Å². The monoisotopic (exact) mass is 468 g/mol. The highest BCUT2D eigenvalue weighted by atomic mass is 16.6. The van der Waals surface area contributed by atoms with E-state index in [-0.39, 0.29) is 24.6 Å². The molecule has 3 heterocycles. The number of hydrogen-bond acceptors (Lipinski definition) is 8. The number of rotatable bonds is 7. The molecule has 1 fully saturated rings. The van der Waals surface area contributed by atoms with Crippen molar-refractivity contribution >= 4 is 18.0 Å². The van der Waals surface area contributed by atoms with Gasteiger partial charge in [0, 0.05) is 12.4 Å². The lowest BCUT2D eigenvalue weighted by Gasteiger charge is -2.21. The first-order valence-electron chi connectivity index (χ1n) is 11.2. The van der Waals surface area contributed by atoms with Crippen LogP contribution >= 0.6 is 0 Å². The third-order valence-electron chi connectivity index (χ3n) is 5.60. The summed E-state index contributed by atoms with van der Waals surface area (Å²) in [7, 11) is 0. The van der Waals surface area contributed by atoms with Crippen LogP contribution in [-0.4, -0.2) is 32.6 Å². The zero-order valence-electron chi connectivity index (χ0n) is 19.3. The topological polar surface area (TPSA) is 102 Å². The summed E-state index contributed by atoms with van der Waals surface area (Å²) < 4.78 is 11.2. The minimum absolute atomic E-state index is 0.102. The predicted octanol–water partition coefficient (Wildman–Crippen LogP) is 5.24. The smallest absolute Gasteiger partial charge is 0.417 e. The molecular weight excluding hydrogens is 444 g/mol. The van der Waals surface area contributed by atoms with Crippen LogP contribution in [0.1, 0.15) is 36.0 Å². The molecule has 9 heteroatoms. The second-order valence-electron chi connectivity index (χ2n) is 8.11. The number of ether oxygens (including phenoxy) is 2. The summed E-state index contributed by atoms with van der Waals surface area (Å²) in [5, 5.41) is 3.31. The van der Waals surface area contributed by atoms with Crippen molar-refractivity contribution in [1.82, 2.24) is 19.9 Å². The number of nitrogens with one attached hydrogen (secondary N) is 1. The molecule has 0 unspecified atom stereocenters. The zero-order valence-corrected chi connectivity index (χ0v) is 19.3. The Morgan fingerprint density at radius 1 is 1.00 bits per heavy atom. The molecule has 2 atom stereocenters.